The van der Waals surface area contributed by atoms with Crippen molar-refractivity contribution in [3.8, 4) is 0 Å². The number of hydrogen-bond donors (Lipinski definition) is 1. The van der Waals surface area contributed by atoms with Crippen LogP contribution in [0.5, 0.6) is 0 Å². The average molecular weight is 357 g/mol. The fourth-order valence-corrected chi connectivity index (χ4v) is 4.01. The van der Waals surface area contributed by atoms with Crippen molar-refractivity contribution in [2.24, 2.45) is 5.92 Å². The molecule has 0 unspecified atom stereocenters. The summed E-state index contributed by atoms with van der Waals surface area (Å²) in [6.45, 7) is 7.61. The maximum Gasteiger partial charge on any atom is 0.326 e. The van der Waals surface area contributed by atoms with Crippen LogP contribution in [0.25, 0.3) is 0 Å². The highest BCUT2D eigenvalue weighted by molar-refractivity contribution is 6.07. The highest BCUT2D eigenvalue weighted by atomic mass is 16.2. The molecule has 1 N–H and O–H groups in total. The molecule has 142 valence electrons. The van der Waals surface area contributed by atoms with E-state index in [1.54, 1.807) is 0 Å². The number of carbonyl (C=O) groups is 2. The summed E-state index contributed by atoms with van der Waals surface area (Å²) < 4.78 is 0. The monoisotopic (exact) mass is 357 g/mol. The van der Waals surface area contributed by atoms with Crippen LogP contribution in [0.1, 0.15) is 63.5 Å². The second-order valence-electron chi connectivity index (χ2n) is 8.48. The molecule has 2 fully saturated rings. The van der Waals surface area contributed by atoms with Crippen LogP contribution in [-0.2, 0) is 11.3 Å². The third kappa shape index (κ3) is 3.78. The van der Waals surface area contributed by atoms with Gasteiger partial charge in [0.25, 0.3) is 5.91 Å². The average Bonchev–Trinajstić information content (AvgIpc) is 2.82. The van der Waals surface area contributed by atoms with Gasteiger partial charge in [-0.1, -0.05) is 45.0 Å². The van der Waals surface area contributed by atoms with Gasteiger partial charge in [-0.25, -0.2) is 9.69 Å². The predicted octanol–water partition coefficient (Wildman–Crippen LogP) is 3.70. The summed E-state index contributed by atoms with van der Waals surface area (Å²) in [4.78, 5) is 28.7. The van der Waals surface area contributed by atoms with Crippen molar-refractivity contribution in [3.05, 3.63) is 35.4 Å². The van der Waals surface area contributed by atoms with E-state index in [0.717, 1.165) is 25.7 Å². The van der Waals surface area contributed by atoms with E-state index in [4.69, 9.17) is 0 Å². The lowest BCUT2D eigenvalue weighted by molar-refractivity contribution is -0.134. The molecule has 1 saturated heterocycles. The summed E-state index contributed by atoms with van der Waals surface area (Å²) in [7, 11) is 1.95. The Bertz CT molecular complexity index is 660. The summed E-state index contributed by atoms with van der Waals surface area (Å²) in [5.41, 5.74) is 1.85. The highest BCUT2D eigenvalue weighted by Crippen LogP contribution is 2.36. The zero-order valence-electron chi connectivity index (χ0n) is 16.4. The van der Waals surface area contributed by atoms with Gasteiger partial charge in [-0.2, -0.15) is 0 Å². The van der Waals surface area contributed by atoms with Crippen LogP contribution >= 0.6 is 0 Å². The first-order chi connectivity index (χ1) is 12.3. The molecule has 2 aliphatic rings. The number of nitrogens with zero attached hydrogens (tertiary/aromatic N) is 2. The van der Waals surface area contributed by atoms with Crippen molar-refractivity contribution in [1.82, 2.24) is 15.1 Å². The number of nitrogens with one attached hydrogen (secondary N) is 1. The Labute approximate surface area is 156 Å². The summed E-state index contributed by atoms with van der Waals surface area (Å²) in [5.74, 6) is 1.11. The van der Waals surface area contributed by atoms with Gasteiger partial charge in [0.15, 0.2) is 0 Å². The molecular weight excluding hydrogens is 326 g/mol. The molecule has 1 saturated carbocycles. The Morgan fingerprint density at radius 1 is 1.19 bits per heavy atom. The molecule has 3 rings (SSSR count). The molecule has 1 spiro atoms. The molecule has 1 aromatic carbocycles. The molecule has 1 aliphatic carbocycles. The first-order valence-corrected chi connectivity index (χ1v) is 9.72. The quantitative estimate of drug-likeness (QED) is 0.818. The lowest BCUT2D eigenvalue weighted by atomic mass is 9.77. The van der Waals surface area contributed by atoms with Gasteiger partial charge in [-0.05, 0) is 55.7 Å². The standard InChI is InChI=1S/C21H31N3O2/c1-15(2)18-7-5-17(6-8-18)13-23(4)14-24-19(25)21(22-20(24)26)11-9-16(3)10-12-21/h5-8,15-16H,9-14H2,1-4H3,(H,22,26). The number of benzene rings is 1. The molecule has 0 atom stereocenters. The minimum absolute atomic E-state index is 0.0450. The lowest BCUT2D eigenvalue weighted by Gasteiger charge is -2.33. The number of hydrogen-bond acceptors (Lipinski definition) is 3. The Morgan fingerprint density at radius 2 is 1.81 bits per heavy atom. The van der Waals surface area contributed by atoms with Crippen molar-refractivity contribution in [2.45, 2.75) is 64.5 Å². The molecule has 1 aliphatic heterocycles. The maximum atomic E-state index is 12.9. The van der Waals surface area contributed by atoms with Crippen LogP contribution in [-0.4, -0.2) is 41.0 Å². The van der Waals surface area contributed by atoms with E-state index in [9.17, 15) is 9.59 Å². The molecule has 0 radical (unpaired) electrons. The normalized spacial score (nSPS) is 26.2. The Hall–Kier alpha value is -1.88. The molecule has 5 heteroatoms. The molecule has 1 aromatic rings. The first kappa shape index (κ1) is 18.9. The van der Waals surface area contributed by atoms with Crippen molar-refractivity contribution < 1.29 is 9.59 Å². The Balaban J connectivity index is 1.61. The van der Waals surface area contributed by atoms with E-state index < -0.39 is 5.54 Å². The van der Waals surface area contributed by atoms with E-state index in [-0.39, 0.29) is 11.9 Å². The number of amides is 3. The topological polar surface area (TPSA) is 52.7 Å². The van der Waals surface area contributed by atoms with E-state index in [1.165, 1.54) is 16.0 Å². The van der Waals surface area contributed by atoms with E-state index in [2.05, 4.69) is 50.4 Å². The van der Waals surface area contributed by atoms with Gasteiger partial charge in [-0.15, -0.1) is 0 Å². The van der Waals surface area contributed by atoms with Gasteiger partial charge in [0.05, 0.1) is 6.67 Å². The maximum absolute atomic E-state index is 12.9. The number of carbonyl (C=O) groups excluding carboxylic acids is 2. The van der Waals surface area contributed by atoms with Crippen LogP contribution in [0.3, 0.4) is 0 Å². The van der Waals surface area contributed by atoms with Crippen LogP contribution in [0, 0.1) is 5.92 Å². The zero-order chi connectivity index (χ0) is 18.9. The first-order valence-electron chi connectivity index (χ1n) is 9.72. The molecular formula is C21H31N3O2. The van der Waals surface area contributed by atoms with E-state index in [1.807, 2.05) is 11.9 Å². The van der Waals surface area contributed by atoms with Gasteiger partial charge < -0.3 is 5.32 Å². The smallest absolute Gasteiger partial charge is 0.323 e. The second-order valence-corrected chi connectivity index (χ2v) is 8.48. The van der Waals surface area contributed by atoms with Gasteiger partial charge in [0.1, 0.15) is 5.54 Å². The third-order valence-electron chi connectivity index (χ3n) is 5.86. The summed E-state index contributed by atoms with van der Waals surface area (Å²) >= 11 is 0. The number of rotatable bonds is 5. The molecule has 5 nitrogen and oxygen atoms in total. The van der Waals surface area contributed by atoms with Crippen LogP contribution < -0.4 is 5.32 Å². The zero-order valence-corrected chi connectivity index (χ0v) is 16.4. The molecule has 3 amide bonds. The molecule has 1 heterocycles. The Morgan fingerprint density at radius 3 is 2.38 bits per heavy atom. The van der Waals surface area contributed by atoms with Crippen LogP contribution in [0.15, 0.2) is 24.3 Å². The van der Waals surface area contributed by atoms with Gasteiger partial charge >= 0.3 is 6.03 Å². The number of imide groups is 1. The number of urea groups is 1. The summed E-state index contributed by atoms with van der Waals surface area (Å²) in [6.07, 6.45) is 3.51. The van der Waals surface area contributed by atoms with Gasteiger partial charge in [0.2, 0.25) is 0 Å². The predicted molar refractivity (Wildman–Crippen MR) is 103 cm³/mol. The summed E-state index contributed by atoms with van der Waals surface area (Å²) in [6, 6.07) is 8.31. The summed E-state index contributed by atoms with van der Waals surface area (Å²) in [5, 5.41) is 2.99. The molecule has 26 heavy (non-hydrogen) atoms. The lowest BCUT2D eigenvalue weighted by Crippen LogP contribution is -2.49. The van der Waals surface area contributed by atoms with Gasteiger partial charge in [0, 0.05) is 6.54 Å². The largest absolute Gasteiger partial charge is 0.326 e. The second kappa shape index (κ2) is 7.39. The van der Waals surface area contributed by atoms with E-state index in [0.29, 0.717) is 25.0 Å². The minimum atomic E-state index is -0.649. The van der Waals surface area contributed by atoms with Gasteiger partial charge in [-0.3, -0.25) is 9.69 Å². The third-order valence-corrected chi connectivity index (χ3v) is 5.86. The van der Waals surface area contributed by atoms with Crippen molar-refractivity contribution in [1.29, 1.82) is 0 Å². The van der Waals surface area contributed by atoms with Crippen LogP contribution in [0.4, 0.5) is 4.79 Å². The highest BCUT2D eigenvalue weighted by Gasteiger charge is 2.52. The SMILES string of the molecule is CC1CCC2(CC1)NC(=O)N(CN(C)Cc1ccc(C(C)C)cc1)C2=O. The molecule has 0 aromatic heterocycles. The fraction of sp³-hybridized carbons (Fsp3) is 0.619. The minimum Gasteiger partial charge on any atom is -0.323 e. The van der Waals surface area contributed by atoms with E-state index >= 15 is 0 Å². The van der Waals surface area contributed by atoms with Crippen molar-refractivity contribution in [3.63, 3.8) is 0 Å². The molecule has 0 bridgehead atoms. The van der Waals surface area contributed by atoms with Crippen LogP contribution in [0.2, 0.25) is 0 Å². The fourth-order valence-electron chi connectivity index (χ4n) is 4.01. The van der Waals surface area contributed by atoms with Crippen molar-refractivity contribution in [2.75, 3.05) is 13.7 Å². The van der Waals surface area contributed by atoms with Crippen molar-refractivity contribution >= 4 is 11.9 Å². The Kier molecular flexibility index (Phi) is 5.37.